The SMILES string of the molecule is CN1C(=O)CC[C@]2(C)[C@@H]3[C@@H](CC[C@@H]12)[C@@H]1CC[C@H](C(=O)NC(c2ccccc2)c2ccccc2)[C@@]1(C)C[C@@H]3O. The fraction of sp³-hybridized carbons (Fsp3) is 0.576. The van der Waals surface area contributed by atoms with Gasteiger partial charge in [0.15, 0.2) is 0 Å². The molecule has 3 saturated carbocycles. The molecule has 2 N–H and O–H groups in total. The lowest BCUT2D eigenvalue weighted by Gasteiger charge is -2.63. The Hall–Kier alpha value is -2.66. The molecule has 5 heteroatoms. The molecule has 1 aliphatic heterocycles. The maximum absolute atomic E-state index is 14.1. The van der Waals surface area contributed by atoms with E-state index in [2.05, 4.69) is 43.4 Å². The number of aliphatic hydroxyl groups excluding tert-OH is 1. The number of benzene rings is 2. The van der Waals surface area contributed by atoms with E-state index in [1.54, 1.807) is 0 Å². The molecule has 4 fully saturated rings. The highest BCUT2D eigenvalue weighted by Crippen LogP contribution is 2.66. The third-order valence-electron chi connectivity index (χ3n) is 11.4. The highest BCUT2D eigenvalue weighted by molar-refractivity contribution is 5.81. The van der Waals surface area contributed by atoms with E-state index < -0.39 is 6.10 Å². The van der Waals surface area contributed by atoms with Gasteiger partial charge in [0, 0.05) is 25.4 Å². The highest BCUT2D eigenvalue weighted by atomic mass is 16.3. The van der Waals surface area contributed by atoms with Crippen LogP contribution in [0.4, 0.5) is 0 Å². The van der Waals surface area contributed by atoms with E-state index in [0.717, 1.165) is 43.2 Å². The molecule has 0 spiro atoms. The largest absolute Gasteiger partial charge is 0.393 e. The van der Waals surface area contributed by atoms with Crippen LogP contribution in [0.25, 0.3) is 0 Å². The molecule has 1 heterocycles. The molecule has 4 aliphatic rings. The van der Waals surface area contributed by atoms with Crippen molar-refractivity contribution in [3.63, 3.8) is 0 Å². The maximum Gasteiger partial charge on any atom is 0.224 e. The van der Waals surface area contributed by atoms with Gasteiger partial charge in [-0.3, -0.25) is 9.59 Å². The summed E-state index contributed by atoms with van der Waals surface area (Å²) < 4.78 is 0. The highest BCUT2D eigenvalue weighted by Gasteiger charge is 2.64. The zero-order valence-electron chi connectivity index (χ0n) is 23.0. The lowest BCUT2D eigenvalue weighted by atomic mass is 9.46. The van der Waals surface area contributed by atoms with Gasteiger partial charge >= 0.3 is 0 Å². The minimum atomic E-state index is -0.442. The third kappa shape index (κ3) is 3.92. The Morgan fingerprint density at radius 1 is 0.947 bits per heavy atom. The average molecular weight is 515 g/mol. The van der Waals surface area contributed by atoms with E-state index in [4.69, 9.17) is 0 Å². The van der Waals surface area contributed by atoms with Crippen LogP contribution in [0, 0.1) is 34.5 Å². The van der Waals surface area contributed by atoms with E-state index in [1.807, 2.05) is 48.3 Å². The zero-order valence-corrected chi connectivity index (χ0v) is 23.0. The van der Waals surface area contributed by atoms with Crippen molar-refractivity contribution in [2.45, 2.75) is 77.0 Å². The van der Waals surface area contributed by atoms with Gasteiger partial charge in [-0.15, -0.1) is 0 Å². The number of aliphatic hydroxyl groups is 1. The van der Waals surface area contributed by atoms with Crippen LogP contribution in [0.1, 0.15) is 76.0 Å². The van der Waals surface area contributed by atoms with Crippen molar-refractivity contribution in [1.82, 2.24) is 10.2 Å². The summed E-state index contributed by atoms with van der Waals surface area (Å²) in [4.78, 5) is 28.5. The van der Waals surface area contributed by atoms with Gasteiger partial charge < -0.3 is 15.3 Å². The van der Waals surface area contributed by atoms with Gasteiger partial charge in [-0.25, -0.2) is 0 Å². The van der Waals surface area contributed by atoms with Crippen LogP contribution in [-0.4, -0.2) is 41.0 Å². The smallest absolute Gasteiger partial charge is 0.224 e. The van der Waals surface area contributed by atoms with E-state index >= 15 is 0 Å². The van der Waals surface area contributed by atoms with Crippen LogP contribution < -0.4 is 5.32 Å². The Morgan fingerprint density at radius 2 is 1.58 bits per heavy atom. The predicted octanol–water partition coefficient (Wildman–Crippen LogP) is 5.34. The minimum absolute atomic E-state index is 0.0572. The number of amides is 2. The summed E-state index contributed by atoms with van der Waals surface area (Å²) in [6, 6.07) is 20.4. The lowest BCUT2D eigenvalue weighted by molar-refractivity contribution is -0.184. The normalized spacial score (nSPS) is 38.3. The van der Waals surface area contributed by atoms with Crippen molar-refractivity contribution < 1.29 is 14.7 Å². The summed E-state index contributed by atoms with van der Waals surface area (Å²) in [6.45, 7) is 4.60. The fourth-order valence-electron chi connectivity index (χ4n) is 9.60. The second-order valence-corrected chi connectivity index (χ2v) is 13.1. The van der Waals surface area contributed by atoms with Crippen molar-refractivity contribution in [1.29, 1.82) is 0 Å². The van der Waals surface area contributed by atoms with Crippen molar-refractivity contribution in [3.8, 4) is 0 Å². The van der Waals surface area contributed by atoms with E-state index in [1.165, 1.54) is 0 Å². The van der Waals surface area contributed by atoms with Crippen LogP contribution in [0.2, 0.25) is 0 Å². The molecular formula is C33H42N2O3. The van der Waals surface area contributed by atoms with Gasteiger partial charge in [-0.2, -0.15) is 0 Å². The monoisotopic (exact) mass is 514 g/mol. The van der Waals surface area contributed by atoms with Gasteiger partial charge in [0.25, 0.3) is 0 Å². The first-order valence-corrected chi connectivity index (χ1v) is 14.6. The number of likely N-dealkylation sites (tertiary alicyclic amines) is 1. The molecule has 0 aromatic heterocycles. The first-order chi connectivity index (χ1) is 18.2. The number of hydrogen-bond donors (Lipinski definition) is 2. The molecule has 2 amide bonds. The van der Waals surface area contributed by atoms with E-state index in [-0.39, 0.29) is 46.6 Å². The standard InChI is InChI=1S/C33H42N2O3/c1-32-19-18-28(37)35(3)27(32)17-14-23-24-15-16-25(33(24,2)20-26(36)29(23)32)31(38)34-30(21-10-6-4-7-11-21)22-12-8-5-9-13-22/h4-13,23-27,29-30,36H,14-20H2,1-3H3,(H,34,38)/t23-,24-,25+,26-,27+,29+,32-,33-/m0/s1. The second kappa shape index (κ2) is 9.51. The van der Waals surface area contributed by atoms with Gasteiger partial charge in [-0.05, 0) is 78.2 Å². The topological polar surface area (TPSA) is 69.6 Å². The summed E-state index contributed by atoms with van der Waals surface area (Å²) in [5.41, 5.74) is 1.89. The Balaban J connectivity index is 1.26. The van der Waals surface area contributed by atoms with Gasteiger partial charge in [0.05, 0.1) is 12.1 Å². The molecule has 202 valence electrons. The zero-order chi connectivity index (χ0) is 26.7. The number of fused-ring (bicyclic) bond motifs is 5. The van der Waals surface area contributed by atoms with E-state index in [9.17, 15) is 14.7 Å². The summed E-state index contributed by atoms with van der Waals surface area (Å²) in [5.74, 6) is 1.27. The van der Waals surface area contributed by atoms with Crippen molar-refractivity contribution in [2.75, 3.05) is 7.05 Å². The van der Waals surface area contributed by atoms with E-state index in [0.29, 0.717) is 24.7 Å². The summed E-state index contributed by atoms with van der Waals surface area (Å²) in [7, 11) is 1.95. The molecule has 2 aromatic carbocycles. The molecule has 6 rings (SSSR count). The third-order valence-corrected chi connectivity index (χ3v) is 11.4. The fourth-order valence-corrected chi connectivity index (χ4v) is 9.60. The Bertz CT molecular complexity index is 1150. The van der Waals surface area contributed by atoms with Gasteiger partial charge in [-0.1, -0.05) is 74.5 Å². The Kier molecular flexibility index (Phi) is 6.41. The van der Waals surface area contributed by atoms with Gasteiger partial charge in [0.1, 0.15) is 0 Å². The van der Waals surface area contributed by atoms with Gasteiger partial charge in [0.2, 0.25) is 11.8 Å². The first kappa shape index (κ1) is 25.6. The summed E-state index contributed by atoms with van der Waals surface area (Å²) in [6.07, 6.45) is 5.61. The molecule has 5 nitrogen and oxygen atoms in total. The van der Waals surface area contributed by atoms with Crippen LogP contribution >= 0.6 is 0 Å². The molecule has 2 aromatic rings. The number of rotatable bonds is 4. The average Bonchev–Trinajstić information content (AvgIpc) is 3.27. The molecule has 0 unspecified atom stereocenters. The molecule has 0 bridgehead atoms. The number of carbonyl (C=O) groups is 2. The maximum atomic E-state index is 14.1. The van der Waals surface area contributed by atoms with Crippen LogP contribution in [0.3, 0.4) is 0 Å². The molecule has 0 radical (unpaired) electrons. The molecular weight excluding hydrogens is 472 g/mol. The second-order valence-electron chi connectivity index (χ2n) is 13.1. The lowest BCUT2D eigenvalue weighted by Crippen LogP contribution is -2.64. The Labute approximate surface area is 227 Å². The van der Waals surface area contributed by atoms with Crippen molar-refractivity contribution >= 4 is 11.8 Å². The number of hydrogen-bond acceptors (Lipinski definition) is 3. The van der Waals surface area contributed by atoms with Crippen LogP contribution in [0.15, 0.2) is 60.7 Å². The molecule has 1 saturated heterocycles. The summed E-state index contributed by atoms with van der Waals surface area (Å²) >= 11 is 0. The predicted molar refractivity (Wildman–Crippen MR) is 148 cm³/mol. The van der Waals surface area contributed by atoms with Crippen molar-refractivity contribution in [2.24, 2.45) is 34.5 Å². The minimum Gasteiger partial charge on any atom is -0.393 e. The molecule has 8 atom stereocenters. The van der Waals surface area contributed by atoms with Crippen LogP contribution in [0.5, 0.6) is 0 Å². The number of nitrogens with zero attached hydrogens (tertiary/aromatic N) is 1. The first-order valence-electron chi connectivity index (χ1n) is 14.6. The van der Waals surface area contributed by atoms with Crippen molar-refractivity contribution in [3.05, 3.63) is 71.8 Å². The quantitative estimate of drug-likeness (QED) is 0.579. The molecule has 38 heavy (non-hydrogen) atoms. The van der Waals surface area contributed by atoms with Crippen LogP contribution in [-0.2, 0) is 9.59 Å². The Morgan fingerprint density at radius 3 is 2.21 bits per heavy atom. The number of piperidine rings is 1. The number of carbonyl (C=O) groups excluding carboxylic acids is 2. The summed E-state index contributed by atoms with van der Waals surface area (Å²) in [5, 5.41) is 15.2. The molecule has 3 aliphatic carbocycles. The number of nitrogens with one attached hydrogen (secondary N) is 1.